The minimum Gasteiger partial charge on any atom is -0.355 e. The molecule has 2 fully saturated rings. The van der Waals surface area contributed by atoms with Gasteiger partial charge in [0.15, 0.2) is 0 Å². The first-order chi connectivity index (χ1) is 11.0. The quantitative estimate of drug-likeness (QED) is 0.837. The number of carbonyl (C=O) groups is 1. The van der Waals surface area contributed by atoms with E-state index in [4.69, 9.17) is 0 Å². The predicted octanol–water partition coefficient (Wildman–Crippen LogP) is -0.183. The van der Waals surface area contributed by atoms with Crippen molar-refractivity contribution >= 4 is 11.7 Å². The van der Waals surface area contributed by atoms with Crippen molar-refractivity contribution in [3.05, 3.63) is 22.5 Å². The molecule has 1 aromatic heterocycles. The molecule has 3 heterocycles. The molecule has 1 atom stereocenters. The topological polar surface area (TPSA) is 70.5 Å². The highest BCUT2D eigenvalue weighted by Crippen LogP contribution is 2.23. The maximum absolute atomic E-state index is 12.0. The molecule has 0 saturated carbocycles. The summed E-state index contributed by atoms with van der Waals surface area (Å²) >= 11 is 0. The fraction of sp³-hybridized carbons (Fsp3) is 0.688. The highest BCUT2D eigenvalue weighted by atomic mass is 16.2. The summed E-state index contributed by atoms with van der Waals surface area (Å²) in [5, 5.41) is 7.47. The van der Waals surface area contributed by atoms with Crippen LogP contribution in [0.25, 0.3) is 0 Å². The summed E-state index contributed by atoms with van der Waals surface area (Å²) in [5.41, 5.74) is -0.0881. The molecule has 1 N–H and O–H groups in total. The van der Waals surface area contributed by atoms with Crippen molar-refractivity contribution in [2.75, 3.05) is 37.6 Å². The molecule has 0 radical (unpaired) electrons. The van der Waals surface area contributed by atoms with Gasteiger partial charge in [-0.1, -0.05) is 0 Å². The lowest BCUT2D eigenvalue weighted by atomic mass is 9.95. The summed E-state index contributed by atoms with van der Waals surface area (Å²) in [7, 11) is 1.68. The van der Waals surface area contributed by atoms with E-state index in [1.165, 1.54) is 4.68 Å². The number of anilines is 1. The Hall–Kier alpha value is -1.89. The van der Waals surface area contributed by atoms with E-state index in [1.807, 2.05) is 4.90 Å². The number of nitrogens with one attached hydrogen (secondary N) is 1. The molecule has 7 heteroatoms. The first-order valence-corrected chi connectivity index (χ1v) is 8.34. The van der Waals surface area contributed by atoms with Crippen LogP contribution in [0.15, 0.2) is 16.9 Å². The van der Waals surface area contributed by atoms with Crippen molar-refractivity contribution in [1.82, 2.24) is 20.0 Å². The molecule has 1 amide bonds. The zero-order valence-corrected chi connectivity index (χ0v) is 13.9. The van der Waals surface area contributed by atoms with Crippen molar-refractivity contribution in [3.8, 4) is 0 Å². The number of amides is 1. The molecule has 126 valence electrons. The van der Waals surface area contributed by atoms with Gasteiger partial charge in [0.25, 0.3) is 5.56 Å². The second-order valence-electron chi connectivity index (χ2n) is 6.61. The SMILES string of the molecule is C[C@H]1CNCC(=O)N1CC1CCN(c2ccc(=O)n(C)n2)CC1. The van der Waals surface area contributed by atoms with Crippen molar-refractivity contribution in [2.45, 2.75) is 25.8 Å². The molecule has 0 aromatic carbocycles. The number of aryl methyl sites for hydroxylation is 1. The largest absolute Gasteiger partial charge is 0.355 e. The van der Waals surface area contributed by atoms with Crippen LogP contribution in [-0.2, 0) is 11.8 Å². The van der Waals surface area contributed by atoms with Crippen LogP contribution in [0.3, 0.4) is 0 Å². The maximum atomic E-state index is 12.0. The molecule has 3 rings (SSSR count). The van der Waals surface area contributed by atoms with Crippen LogP contribution in [0.5, 0.6) is 0 Å². The lowest BCUT2D eigenvalue weighted by molar-refractivity contribution is -0.135. The monoisotopic (exact) mass is 319 g/mol. The molecule has 1 aromatic rings. The Morgan fingerprint density at radius 3 is 2.65 bits per heavy atom. The third-order valence-electron chi connectivity index (χ3n) is 4.91. The number of aromatic nitrogens is 2. The fourth-order valence-corrected chi connectivity index (χ4v) is 3.41. The highest BCUT2D eigenvalue weighted by Gasteiger charge is 2.29. The second kappa shape index (κ2) is 6.70. The molecule has 2 aliphatic heterocycles. The van der Waals surface area contributed by atoms with Crippen molar-refractivity contribution in [1.29, 1.82) is 0 Å². The Morgan fingerprint density at radius 1 is 1.26 bits per heavy atom. The summed E-state index contributed by atoms with van der Waals surface area (Å²) in [6.07, 6.45) is 2.10. The van der Waals surface area contributed by atoms with E-state index in [2.05, 4.69) is 22.2 Å². The Morgan fingerprint density at radius 2 is 2.00 bits per heavy atom. The molecular formula is C16H25N5O2. The highest BCUT2D eigenvalue weighted by molar-refractivity contribution is 5.79. The third kappa shape index (κ3) is 3.55. The first kappa shape index (κ1) is 16.0. The summed E-state index contributed by atoms with van der Waals surface area (Å²) < 4.78 is 1.38. The lowest BCUT2D eigenvalue weighted by Crippen LogP contribution is -2.55. The van der Waals surface area contributed by atoms with Crippen LogP contribution in [0.2, 0.25) is 0 Å². The molecule has 0 aliphatic carbocycles. The number of rotatable bonds is 3. The van der Waals surface area contributed by atoms with E-state index in [0.717, 1.165) is 44.8 Å². The maximum Gasteiger partial charge on any atom is 0.266 e. The van der Waals surface area contributed by atoms with Crippen LogP contribution in [0.1, 0.15) is 19.8 Å². The number of piperidine rings is 1. The van der Waals surface area contributed by atoms with Crippen LogP contribution < -0.4 is 15.8 Å². The van der Waals surface area contributed by atoms with Gasteiger partial charge in [-0.25, -0.2) is 4.68 Å². The molecule has 23 heavy (non-hydrogen) atoms. The van der Waals surface area contributed by atoms with Crippen molar-refractivity contribution < 1.29 is 4.79 Å². The summed E-state index contributed by atoms with van der Waals surface area (Å²) in [6, 6.07) is 3.64. The van der Waals surface area contributed by atoms with Gasteiger partial charge in [-0.3, -0.25) is 9.59 Å². The average Bonchev–Trinajstić information content (AvgIpc) is 2.54. The Balaban J connectivity index is 1.56. The first-order valence-electron chi connectivity index (χ1n) is 8.34. The summed E-state index contributed by atoms with van der Waals surface area (Å²) in [5.74, 6) is 1.62. The standard InChI is InChI=1S/C16H25N5O2/c1-12-9-17-10-16(23)21(12)11-13-5-7-20(8-6-13)14-3-4-15(22)19(2)18-14/h3-4,12-13,17H,5-11H2,1-2H3/t12-/m0/s1. The van der Waals surface area contributed by atoms with Crippen LogP contribution >= 0.6 is 0 Å². The van der Waals surface area contributed by atoms with Gasteiger partial charge in [0, 0.05) is 45.3 Å². The zero-order valence-electron chi connectivity index (χ0n) is 13.9. The minimum absolute atomic E-state index is 0.0881. The van der Waals surface area contributed by atoms with Gasteiger partial charge in [-0.15, -0.1) is 0 Å². The molecule has 0 unspecified atom stereocenters. The average molecular weight is 319 g/mol. The van der Waals surface area contributed by atoms with Crippen LogP contribution in [-0.4, -0.2) is 59.4 Å². The van der Waals surface area contributed by atoms with Gasteiger partial charge >= 0.3 is 0 Å². The predicted molar refractivity (Wildman–Crippen MR) is 88.5 cm³/mol. The number of hydrogen-bond acceptors (Lipinski definition) is 5. The molecule has 7 nitrogen and oxygen atoms in total. The molecular weight excluding hydrogens is 294 g/mol. The van der Waals surface area contributed by atoms with E-state index >= 15 is 0 Å². The lowest BCUT2D eigenvalue weighted by Gasteiger charge is -2.39. The summed E-state index contributed by atoms with van der Waals surface area (Å²) in [4.78, 5) is 27.7. The van der Waals surface area contributed by atoms with Crippen LogP contribution in [0, 0.1) is 5.92 Å². The van der Waals surface area contributed by atoms with E-state index < -0.39 is 0 Å². The Kier molecular flexibility index (Phi) is 4.66. The number of nitrogens with zero attached hydrogens (tertiary/aromatic N) is 4. The minimum atomic E-state index is -0.0881. The van der Waals surface area contributed by atoms with Gasteiger partial charge in [0.1, 0.15) is 5.82 Å². The Bertz CT molecular complexity index is 621. The van der Waals surface area contributed by atoms with E-state index in [-0.39, 0.29) is 17.5 Å². The molecule has 2 saturated heterocycles. The van der Waals surface area contributed by atoms with E-state index in [9.17, 15) is 9.59 Å². The zero-order chi connectivity index (χ0) is 16.4. The van der Waals surface area contributed by atoms with Gasteiger partial charge in [-0.2, -0.15) is 5.10 Å². The van der Waals surface area contributed by atoms with E-state index in [1.54, 1.807) is 19.2 Å². The second-order valence-corrected chi connectivity index (χ2v) is 6.61. The molecule has 0 bridgehead atoms. The third-order valence-corrected chi connectivity index (χ3v) is 4.91. The smallest absolute Gasteiger partial charge is 0.266 e. The Labute approximate surface area is 136 Å². The number of carbonyl (C=O) groups excluding carboxylic acids is 1. The summed E-state index contributed by atoms with van der Waals surface area (Å²) in [6.45, 7) is 6.15. The number of hydrogen-bond donors (Lipinski definition) is 1. The fourth-order valence-electron chi connectivity index (χ4n) is 3.41. The van der Waals surface area contributed by atoms with Crippen molar-refractivity contribution in [2.24, 2.45) is 13.0 Å². The van der Waals surface area contributed by atoms with Crippen molar-refractivity contribution in [3.63, 3.8) is 0 Å². The van der Waals surface area contributed by atoms with Gasteiger partial charge < -0.3 is 15.1 Å². The van der Waals surface area contributed by atoms with E-state index in [0.29, 0.717) is 12.5 Å². The normalized spacial score (nSPS) is 23.4. The molecule has 0 spiro atoms. The van der Waals surface area contributed by atoms with Gasteiger partial charge in [-0.05, 0) is 31.7 Å². The van der Waals surface area contributed by atoms with Gasteiger partial charge in [0.05, 0.1) is 6.54 Å². The van der Waals surface area contributed by atoms with Crippen LogP contribution in [0.4, 0.5) is 5.82 Å². The van der Waals surface area contributed by atoms with Gasteiger partial charge in [0.2, 0.25) is 5.91 Å². The molecule has 2 aliphatic rings. The number of piperazine rings is 1.